The van der Waals surface area contributed by atoms with Crippen molar-refractivity contribution in [2.45, 2.75) is 109 Å². The van der Waals surface area contributed by atoms with Gasteiger partial charge in [0.2, 0.25) is 0 Å². The number of anilines is 6. The van der Waals surface area contributed by atoms with Gasteiger partial charge >= 0.3 is 0 Å². The van der Waals surface area contributed by atoms with Crippen LogP contribution in [0.15, 0.2) is 243 Å². The van der Waals surface area contributed by atoms with Gasteiger partial charge in [0, 0.05) is 51.2 Å². The van der Waals surface area contributed by atoms with Crippen molar-refractivity contribution in [3.63, 3.8) is 0 Å². The maximum absolute atomic E-state index is 7.49. The molecule has 14 rings (SSSR count). The van der Waals surface area contributed by atoms with Crippen LogP contribution in [0.4, 0.5) is 34.1 Å². The first-order chi connectivity index (χ1) is 41.2. The number of hydrogen-bond acceptors (Lipinski definition) is 3. The largest absolute Gasteiger partial charge is 0.484 e. The Morgan fingerprint density at radius 2 is 0.826 bits per heavy atom. The average molecular weight is 1150 g/mol. The van der Waals surface area contributed by atoms with E-state index in [1.54, 1.807) is 0 Å². The summed E-state index contributed by atoms with van der Waals surface area (Å²) in [7, 11) is -3.08. The van der Waals surface area contributed by atoms with E-state index in [0.717, 1.165) is 39.9 Å². The molecule has 1 heterocycles. The van der Waals surface area contributed by atoms with E-state index in [1.807, 2.05) is 0 Å². The van der Waals surface area contributed by atoms with Crippen LogP contribution in [-0.4, -0.2) is 22.3 Å². The molecule has 86 heavy (non-hydrogen) atoms. The molecular formula is C81H78N2OSi2. The molecule has 2 atom stereocenters. The molecule has 10 aromatic rings. The lowest BCUT2D eigenvalue weighted by Crippen LogP contribution is -2.37. The molecule has 3 nitrogen and oxygen atoms in total. The third kappa shape index (κ3) is 9.20. The highest BCUT2D eigenvalue weighted by molar-refractivity contribution is 6.89. The lowest BCUT2D eigenvalue weighted by Gasteiger charge is -2.31. The Morgan fingerprint density at radius 3 is 1.33 bits per heavy atom. The van der Waals surface area contributed by atoms with Crippen molar-refractivity contribution in [1.82, 2.24) is 0 Å². The van der Waals surface area contributed by atoms with E-state index in [4.69, 9.17) is 4.74 Å². The third-order valence-corrected chi connectivity index (χ3v) is 23.0. The summed E-state index contributed by atoms with van der Waals surface area (Å²) in [4.78, 5) is 4.88. The molecule has 0 N–H and O–H groups in total. The summed E-state index contributed by atoms with van der Waals surface area (Å²) in [5.41, 5.74) is 25.0. The van der Waals surface area contributed by atoms with Gasteiger partial charge in [0.25, 0.3) is 0 Å². The van der Waals surface area contributed by atoms with Crippen LogP contribution < -0.4 is 24.9 Å². The van der Waals surface area contributed by atoms with Crippen molar-refractivity contribution in [3.05, 3.63) is 282 Å². The Labute approximate surface area is 513 Å². The molecule has 0 fully saturated rings. The van der Waals surface area contributed by atoms with Gasteiger partial charge in [-0.25, -0.2) is 0 Å². The zero-order valence-electron chi connectivity index (χ0n) is 52.1. The second-order valence-electron chi connectivity index (χ2n) is 28.5. The van der Waals surface area contributed by atoms with E-state index in [0.29, 0.717) is 0 Å². The fraction of sp³-hybridized carbons (Fsp3) is 0.210. The van der Waals surface area contributed by atoms with E-state index in [1.165, 1.54) is 93.8 Å². The van der Waals surface area contributed by atoms with Crippen LogP contribution in [-0.2, 0) is 16.2 Å². The number of hydrogen-bond donors (Lipinski definition) is 0. The van der Waals surface area contributed by atoms with Crippen molar-refractivity contribution in [1.29, 1.82) is 0 Å². The molecule has 10 aromatic carbocycles. The molecule has 0 radical (unpaired) electrons. The van der Waals surface area contributed by atoms with Crippen molar-refractivity contribution >= 4 is 60.6 Å². The van der Waals surface area contributed by atoms with Gasteiger partial charge in [0.15, 0.2) is 0 Å². The molecule has 2 unspecified atom stereocenters. The molecule has 1 aliphatic heterocycles. The average Bonchev–Trinajstić information content (AvgIpc) is 1.50. The van der Waals surface area contributed by atoms with E-state index in [9.17, 15) is 0 Å². The summed E-state index contributed by atoms with van der Waals surface area (Å²) < 4.78 is 7.49. The fourth-order valence-electron chi connectivity index (χ4n) is 14.2. The van der Waals surface area contributed by atoms with Crippen molar-refractivity contribution in [2.75, 3.05) is 9.80 Å². The maximum Gasteiger partial charge on any atom is 0.132 e. The number of allylic oxidation sites excluding steroid dienone is 2. The predicted molar refractivity (Wildman–Crippen MR) is 372 cm³/mol. The highest BCUT2D eigenvalue weighted by atomic mass is 28.3. The molecule has 0 aromatic heterocycles. The molecule has 1 spiro atoms. The van der Waals surface area contributed by atoms with Crippen LogP contribution in [0.5, 0.6) is 5.75 Å². The van der Waals surface area contributed by atoms with E-state index >= 15 is 0 Å². The molecule has 0 amide bonds. The number of rotatable bonds is 10. The number of nitrogens with zero attached hydrogens (tertiary/aromatic N) is 2. The molecule has 4 aliphatic rings. The van der Waals surface area contributed by atoms with E-state index in [2.05, 4.69) is 333 Å². The van der Waals surface area contributed by atoms with Crippen LogP contribution in [0.2, 0.25) is 39.3 Å². The second-order valence-corrected chi connectivity index (χ2v) is 38.7. The fourth-order valence-corrected chi connectivity index (χ4v) is 16.5. The summed E-state index contributed by atoms with van der Waals surface area (Å²) in [6.45, 7) is 28.3. The van der Waals surface area contributed by atoms with Gasteiger partial charge in [-0.15, -0.1) is 0 Å². The van der Waals surface area contributed by atoms with Gasteiger partial charge < -0.3 is 14.5 Å². The SMILES string of the molecule is CC(C)(C)c1ccc(N(c2ccc([Si](C)(C)C)cc2)c2cccc(-c3ccc4c(c3)C3(c5ccccc5-c5ccccc53)c3cc(-c5cccc(N(c6ccc(C(C)(C)C)cc6)c6ccc([Si](C)(C)C)cc6)c5)c5c(c3-4)OC3C=CC=CC53)c2)cc1. The van der Waals surface area contributed by atoms with Gasteiger partial charge in [-0.1, -0.05) is 243 Å². The normalized spacial score (nSPS) is 16.0. The van der Waals surface area contributed by atoms with Gasteiger partial charge in [-0.3, -0.25) is 0 Å². The highest BCUT2D eigenvalue weighted by Crippen LogP contribution is 2.67. The minimum atomic E-state index is -1.55. The summed E-state index contributed by atoms with van der Waals surface area (Å²) in [5.74, 6) is 1.03. The number of ether oxygens (including phenoxy) is 1. The standard InChI is InChI=1S/C81H78N2OSi2/c1-79(2,3)56-32-36-58(37-33-56)82(60-40-44-64(45-41-60)85(7,8)9)62-23-19-21-53(49-62)54-31-48-68-73(51-54)81(71-28-16-13-25-66(71)67-26-14-17-29-72(67)81)74-52-70(76-69-27-15-18-30-75(69)84-78(76)77(68)74)55-22-20-24-63(50-55)83(59-38-34-57(35-39-59)80(4,5)6)61-42-46-65(47-43-61)86(10,11)12/h13-52,69,75H,1-12H3. The zero-order valence-corrected chi connectivity index (χ0v) is 54.1. The first kappa shape index (κ1) is 55.4. The molecule has 0 saturated carbocycles. The van der Waals surface area contributed by atoms with Crippen molar-refractivity contribution in [3.8, 4) is 50.3 Å². The Hall–Kier alpha value is -8.49. The summed E-state index contributed by atoms with van der Waals surface area (Å²) >= 11 is 0. The van der Waals surface area contributed by atoms with E-state index < -0.39 is 21.6 Å². The van der Waals surface area contributed by atoms with Crippen LogP contribution >= 0.6 is 0 Å². The molecule has 0 saturated heterocycles. The highest BCUT2D eigenvalue weighted by Gasteiger charge is 2.54. The van der Waals surface area contributed by atoms with Crippen LogP contribution in [0.25, 0.3) is 44.5 Å². The smallest absolute Gasteiger partial charge is 0.132 e. The Kier molecular flexibility index (Phi) is 13.1. The van der Waals surface area contributed by atoms with E-state index in [-0.39, 0.29) is 22.9 Å². The van der Waals surface area contributed by atoms with Crippen molar-refractivity contribution < 1.29 is 4.74 Å². The first-order valence-corrected chi connectivity index (χ1v) is 38.0. The van der Waals surface area contributed by atoms with Crippen LogP contribution in [0.1, 0.15) is 86.4 Å². The Morgan fingerprint density at radius 1 is 0.372 bits per heavy atom. The summed E-state index contributed by atoms with van der Waals surface area (Å²) in [6.07, 6.45) is 8.87. The van der Waals surface area contributed by atoms with Gasteiger partial charge in [0.1, 0.15) is 11.9 Å². The van der Waals surface area contributed by atoms with Gasteiger partial charge in [0.05, 0.1) is 21.6 Å². The van der Waals surface area contributed by atoms with Gasteiger partial charge in [-0.2, -0.15) is 0 Å². The maximum atomic E-state index is 7.49. The quantitative estimate of drug-likeness (QED) is 0.127. The Bertz CT molecular complexity index is 4190. The molecule has 426 valence electrons. The van der Waals surface area contributed by atoms with Gasteiger partial charge in [-0.05, 0) is 174 Å². The second kappa shape index (κ2) is 20.3. The zero-order chi connectivity index (χ0) is 59.7. The topological polar surface area (TPSA) is 15.7 Å². The minimum Gasteiger partial charge on any atom is -0.484 e. The molecule has 0 bridgehead atoms. The number of benzene rings is 10. The number of fused-ring (bicyclic) bond motifs is 14. The summed E-state index contributed by atoms with van der Waals surface area (Å²) in [6, 6.07) is 84.0. The van der Waals surface area contributed by atoms with Crippen LogP contribution in [0, 0.1) is 0 Å². The monoisotopic (exact) mass is 1150 g/mol. The lowest BCUT2D eigenvalue weighted by molar-refractivity contribution is 0.270. The minimum absolute atomic E-state index is 0.0330. The third-order valence-electron chi connectivity index (χ3n) is 18.9. The molecule has 5 heteroatoms. The lowest BCUT2D eigenvalue weighted by atomic mass is 9.69. The molecular weight excluding hydrogens is 1070 g/mol. The Balaban J connectivity index is 0.966. The predicted octanol–water partition coefficient (Wildman–Crippen LogP) is 21.0. The van der Waals surface area contributed by atoms with Crippen LogP contribution in [0.3, 0.4) is 0 Å². The molecule has 3 aliphatic carbocycles. The van der Waals surface area contributed by atoms with Crippen molar-refractivity contribution in [2.24, 2.45) is 0 Å². The first-order valence-electron chi connectivity index (χ1n) is 31.0. The summed E-state index contributed by atoms with van der Waals surface area (Å²) in [5, 5.41) is 2.90.